The molecule has 0 saturated heterocycles. The van der Waals surface area contributed by atoms with Gasteiger partial charge in [-0.25, -0.2) is 0 Å². The number of fused-ring (bicyclic) bond motifs is 2. The fourth-order valence-corrected chi connectivity index (χ4v) is 3.32. The number of hydrogen-bond acceptors (Lipinski definition) is 4. The summed E-state index contributed by atoms with van der Waals surface area (Å²) in [4.78, 5) is 12.4. The predicted octanol–water partition coefficient (Wildman–Crippen LogP) is 2.96. The van der Waals surface area contributed by atoms with E-state index in [2.05, 4.69) is 20.1 Å². The Morgan fingerprint density at radius 2 is 2.04 bits per heavy atom. The van der Waals surface area contributed by atoms with Crippen LogP contribution in [-0.4, -0.2) is 32.2 Å². The van der Waals surface area contributed by atoms with Crippen LogP contribution in [0.2, 0.25) is 0 Å². The summed E-state index contributed by atoms with van der Waals surface area (Å²) in [7, 11) is 1.66. The first-order chi connectivity index (χ1) is 13.2. The van der Waals surface area contributed by atoms with Gasteiger partial charge in [-0.3, -0.25) is 9.20 Å². The van der Waals surface area contributed by atoms with E-state index in [4.69, 9.17) is 4.74 Å². The average Bonchev–Trinajstić information content (AvgIpc) is 3.30. The third-order valence-corrected chi connectivity index (χ3v) is 4.68. The van der Waals surface area contributed by atoms with E-state index in [9.17, 15) is 4.79 Å². The van der Waals surface area contributed by atoms with Crippen molar-refractivity contribution in [2.24, 2.45) is 0 Å². The molecule has 1 amide bonds. The average molecular weight is 363 g/mol. The number of hydrogen-bond donors (Lipinski definition) is 1. The standard InChI is InChI=1S/C20H21N5O2/c1-14(20-23-22-18-8-3-4-11-25(18)20)21-19(26)10-13-24-12-9-15-16(24)6-5-7-17(15)27-2/h3-9,11-12,14H,10,13H2,1-2H3,(H,21,26)/t14-/m1/s1. The van der Waals surface area contributed by atoms with Crippen molar-refractivity contribution in [3.63, 3.8) is 0 Å². The zero-order valence-electron chi connectivity index (χ0n) is 15.3. The number of pyridine rings is 1. The molecule has 0 saturated carbocycles. The van der Waals surface area contributed by atoms with Crippen molar-refractivity contribution in [1.82, 2.24) is 24.5 Å². The number of nitrogens with one attached hydrogen (secondary N) is 1. The Morgan fingerprint density at radius 1 is 1.15 bits per heavy atom. The zero-order valence-corrected chi connectivity index (χ0v) is 15.3. The summed E-state index contributed by atoms with van der Waals surface area (Å²) in [5.41, 5.74) is 1.82. The molecule has 0 bridgehead atoms. The van der Waals surface area contributed by atoms with Gasteiger partial charge in [0.15, 0.2) is 11.5 Å². The Kier molecular flexibility index (Phi) is 4.50. The molecule has 7 nitrogen and oxygen atoms in total. The van der Waals surface area contributed by atoms with Crippen molar-refractivity contribution in [2.45, 2.75) is 25.9 Å². The van der Waals surface area contributed by atoms with Crippen molar-refractivity contribution in [3.8, 4) is 5.75 Å². The van der Waals surface area contributed by atoms with Crippen molar-refractivity contribution in [3.05, 3.63) is 60.7 Å². The van der Waals surface area contributed by atoms with Gasteiger partial charge in [0, 0.05) is 30.7 Å². The number of rotatable bonds is 6. The van der Waals surface area contributed by atoms with Crippen molar-refractivity contribution in [1.29, 1.82) is 0 Å². The highest BCUT2D eigenvalue weighted by atomic mass is 16.5. The fourth-order valence-electron chi connectivity index (χ4n) is 3.32. The van der Waals surface area contributed by atoms with Gasteiger partial charge in [-0.15, -0.1) is 10.2 Å². The first kappa shape index (κ1) is 17.1. The third-order valence-electron chi connectivity index (χ3n) is 4.68. The Labute approximate surface area is 156 Å². The Hall–Kier alpha value is -3.35. The highest BCUT2D eigenvalue weighted by Crippen LogP contribution is 2.26. The number of amides is 1. The quantitative estimate of drug-likeness (QED) is 0.572. The molecule has 4 rings (SSSR count). The van der Waals surface area contributed by atoms with Gasteiger partial charge in [-0.2, -0.15) is 0 Å². The van der Waals surface area contributed by atoms with E-state index in [0.29, 0.717) is 13.0 Å². The lowest BCUT2D eigenvalue weighted by Gasteiger charge is -2.13. The fraction of sp³-hybridized carbons (Fsp3) is 0.250. The SMILES string of the molecule is COc1cccc2c1ccn2CCC(=O)N[C@H](C)c1nnc2ccccn12. The lowest BCUT2D eigenvalue weighted by atomic mass is 10.2. The van der Waals surface area contributed by atoms with Crippen LogP contribution >= 0.6 is 0 Å². The molecule has 138 valence electrons. The number of carbonyl (C=O) groups excluding carboxylic acids is 1. The zero-order chi connectivity index (χ0) is 18.8. The Morgan fingerprint density at radius 3 is 2.89 bits per heavy atom. The highest BCUT2D eigenvalue weighted by molar-refractivity contribution is 5.86. The number of carbonyl (C=O) groups is 1. The molecule has 7 heteroatoms. The molecule has 3 aromatic heterocycles. The molecular weight excluding hydrogens is 342 g/mol. The van der Waals surface area contributed by atoms with Gasteiger partial charge >= 0.3 is 0 Å². The van der Waals surface area contributed by atoms with Gasteiger partial charge in [0.2, 0.25) is 5.91 Å². The van der Waals surface area contributed by atoms with Gasteiger partial charge in [-0.1, -0.05) is 12.1 Å². The van der Waals surface area contributed by atoms with Crippen LogP contribution in [-0.2, 0) is 11.3 Å². The molecule has 1 atom stereocenters. The number of nitrogens with zero attached hydrogens (tertiary/aromatic N) is 4. The smallest absolute Gasteiger partial charge is 0.222 e. The van der Waals surface area contributed by atoms with Gasteiger partial charge < -0.3 is 14.6 Å². The molecule has 0 aliphatic carbocycles. The molecule has 0 spiro atoms. The van der Waals surface area contributed by atoms with E-state index in [1.54, 1.807) is 7.11 Å². The molecule has 0 fully saturated rings. The number of ether oxygens (including phenoxy) is 1. The number of aromatic nitrogens is 4. The molecule has 1 aromatic carbocycles. The molecule has 0 aliphatic rings. The summed E-state index contributed by atoms with van der Waals surface area (Å²) in [6.45, 7) is 2.51. The maximum absolute atomic E-state index is 12.4. The van der Waals surface area contributed by atoms with Gasteiger partial charge in [0.1, 0.15) is 5.75 Å². The van der Waals surface area contributed by atoms with Crippen molar-refractivity contribution >= 4 is 22.5 Å². The molecule has 27 heavy (non-hydrogen) atoms. The van der Waals surface area contributed by atoms with E-state index in [0.717, 1.165) is 28.1 Å². The summed E-state index contributed by atoms with van der Waals surface area (Å²) in [5, 5.41) is 12.4. The lowest BCUT2D eigenvalue weighted by molar-refractivity contribution is -0.122. The number of benzene rings is 1. The van der Waals surface area contributed by atoms with Crippen LogP contribution in [0.25, 0.3) is 16.6 Å². The molecule has 0 aliphatic heterocycles. The van der Waals surface area contributed by atoms with Crippen molar-refractivity contribution < 1.29 is 9.53 Å². The minimum absolute atomic E-state index is 0.0278. The summed E-state index contributed by atoms with van der Waals surface area (Å²) >= 11 is 0. The van der Waals surface area contributed by atoms with E-state index >= 15 is 0 Å². The molecular formula is C20H21N5O2. The van der Waals surface area contributed by atoms with Crippen LogP contribution < -0.4 is 10.1 Å². The topological polar surface area (TPSA) is 73.4 Å². The van der Waals surface area contributed by atoms with Crippen LogP contribution in [0.1, 0.15) is 25.2 Å². The van der Waals surface area contributed by atoms with E-state index in [1.165, 1.54) is 0 Å². The second kappa shape index (κ2) is 7.11. The molecule has 3 heterocycles. The normalized spacial score (nSPS) is 12.4. The second-order valence-corrected chi connectivity index (χ2v) is 6.43. The third kappa shape index (κ3) is 3.23. The minimum atomic E-state index is -0.226. The van der Waals surface area contributed by atoms with Crippen molar-refractivity contribution in [2.75, 3.05) is 7.11 Å². The highest BCUT2D eigenvalue weighted by Gasteiger charge is 2.16. The summed E-state index contributed by atoms with van der Waals surface area (Å²) in [6, 6.07) is 13.4. The van der Waals surface area contributed by atoms with E-state index in [-0.39, 0.29) is 11.9 Å². The maximum Gasteiger partial charge on any atom is 0.222 e. The van der Waals surface area contributed by atoms with Gasteiger partial charge in [0.25, 0.3) is 0 Å². The van der Waals surface area contributed by atoms with E-state index in [1.807, 2.05) is 66.2 Å². The predicted molar refractivity (Wildman–Crippen MR) is 103 cm³/mol. The lowest BCUT2D eigenvalue weighted by Crippen LogP contribution is -2.28. The molecule has 0 unspecified atom stereocenters. The van der Waals surface area contributed by atoms with Gasteiger partial charge in [0.05, 0.1) is 18.7 Å². The Balaban J connectivity index is 1.43. The largest absolute Gasteiger partial charge is 0.496 e. The Bertz CT molecular complexity index is 1100. The molecule has 1 N–H and O–H groups in total. The first-order valence-electron chi connectivity index (χ1n) is 8.88. The summed E-state index contributed by atoms with van der Waals surface area (Å²) in [5.74, 6) is 1.53. The van der Waals surface area contributed by atoms with Crippen LogP contribution in [0.3, 0.4) is 0 Å². The summed E-state index contributed by atoms with van der Waals surface area (Å²) < 4.78 is 9.34. The van der Waals surface area contributed by atoms with E-state index < -0.39 is 0 Å². The maximum atomic E-state index is 12.4. The molecule has 4 aromatic rings. The van der Waals surface area contributed by atoms with Crippen LogP contribution in [0.4, 0.5) is 0 Å². The monoisotopic (exact) mass is 363 g/mol. The van der Waals surface area contributed by atoms with Gasteiger partial charge in [-0.05, 0) is 37.3 Å². The van der Waals surface area contributed by atoms with Crippen LogP contribution in [0, 0.1) is 0 Å². The minimum Gasteiger partial charge on any atom is -0.496 e. The van der Waals surface area contributed by atoms with Crippen LogP contribution in [0.15, 0.2) is 54.9 Å². The number of aryl methyl sites for hydroxylation is 1. The number of methoxy groups -OCH3 is 1. The first-order valence-corrected chi connectivity index (χ1v) is 8.88. The van der Waals surface area contributed by atoms with Crippen LogP contribution in [0.5, 0.6) is 5.75 Å². The summed E-state index contributed by atoms with van der Waals surface area (Å²) in [6.07, 6.45) is 4.25. The molecule has 0 radical (unpaired) electrons. The second-order valence-electron chi connectivity index (χ2n) is 6.43.